The number of hydrogen-bond acceptors (Lipinski definition) is 4. The van der Waals surface area contributed by atoms with E-state index in [1.165, 1.54) is 0 Å². The molecule has 0 radical (unpaired) electrons. The first-order valence-corrected chi connectivity index (χ1v) is 14.8. The van der Waals surface area contributed by atoms with Crippen LogP contribution in [0.1, 0.15) is 68.2 Å². The maximum absolute atomic E-state index is 13.9. The Kier molecular flexibility index (Phi) is 7.59. The fourth-order valence-electron chi connectivity index (χ4n) is 6.46. The molecular formula is C32H38N4O4. The van der Waals surface area contributed by atoms with Gasteiger partial charge in [-0.25, -0.2) is 0 Å². The number of amides is 4. The van der Waals surface area contributed by atoms with E-state index < -0.39 is 12.1 Å². The van der Waals surface area contributed by atoms with Crippen molar-refractivity contribution in [2.75, 3.05) is 19.6 Å². The van der Waals surface area contributed by atoms with E-state index in [-0.39, 0.29) is 47.4 Å². The van der Waals surface area contributed by atoms with Gasteiger partial charge in [-0.05, 0) is 62.0 Å². The molecule has 2 saturated heterocycles. The molecule has 210 valence electrons. The van der Waals surface area contributed by atoms with Gasteiger partial charge in [0.05, 0.1) is 0 Å². The Morgan fingerprint density at radius 1 is 0.675 bits per heavy atom. The van der Waals surface area contributed by atoms with E-state index >= 15 is 0 Å². The number of nitrogens with zero attached hydrogens (tertiary/aromatic N) is 2. The van der Waals surface area contributed by atoms with Crippen molar-refractivity contribution < 1.29 is 19.2 Å². The first-order valence-electron chi connectivity index (χ1n) is 14.8. The molecule has 40 heavy (non-hydrogen) atoms. The van der Waals surface area contributed by atoms with Crippen LogP contribution in [0, 0.1) is 17.8 Å². The number of carbonyl (C=O) groups is 4. The van der Waals surface area contributed by atoms with Crippen LogP contribution < -0.4 is 10.6 Å². The zero-order valence-electron chi connectivity index (χ0n) is 22.8. The third-order valence-corrected chi connectivity index (χ3v) is 8.95. The highest BCUT2D eigenvalue weighted by atomic mass is 16.2. The number of nitrogens with one attached hydrogen (secondary N) is 2. The molecule has 2 heterocycles. The number of hydrogen-bond donors (Lipinski definition) is 2. The summed E-state index contributed by atoms with van der Waals surface area (Å²) >= 11 is 0. The fourth-order valence-corrected chi connectivity index (χ4v) is 6.46. The van der Waals surface area contributed by atoms with Crippen molar-refractivity contribution in [1.29, 1.82) is 0 Å². The minimum atomic E-state index is -0.721. The van der Waals surface area contributed by atoms with E-state index in [1.807, 2.05) is 70.5 Å². The summed E-state index contributed by atoms with van der Waals surface area (Å²) in [7, 11) is 0. The molecule has 0 aromatic heterocycles. The van der Waals surface area contributed by atoms with E-state index in [9.17, 15) is 19.2 Å². The predicted molar refractivity (Wildman–Crippen MR) is 150 cm³/mol. The lowest BCUT2D eigenvalue weighted by Gasteiger charge is -2.30. The maximum atomic E-state index is 13.9. The largest absolute Gasteiger partial charge is 0.341 e. The Hall–Kier alpha value is -3.68. The van der Waals surface area contributed by atoms with Crippen molar-refractivity contribution in [3.8, 4) is 0 Å². The third kappa shape index (κ3) is 5.62. The Labute approximate surface area is 235 Å². The van der Waals surface area contributed by atoms with Crippen molar-refractivity contribution in [3.05, 3.63) is 71.8 Å². The van der Waals surface area contributed by atoms with Crippen LogP contribution in [0.4, 0.5) is 0 Å². The zero-order chi connectivity index (χ0) is 27.6. The average Bonchev–Trinajstić information content (AvgIpc) is 3.89. The van der Waals surface area contributed by atoms with Gasteiger partial charge in [0.15, 0.2) is 0 Å². The van der Waals surface area contributed by atoms with E-state index in [2.05, 4.69) is 10.6 Å². The number of benzene rings is 2. The normalized spacial score (nSPS) is 25.2. The maximum Gasteiger partial charge on any atom is 0.250 e. The Morgan fingerprint density at radius 2 is 1.25 bits per heavy atom. The van der Waals surface area contributed by atoms with Gasteiger partial charge in [0.2, 0.25) is 23.6 Å². The summed E-state index contributed by atoms with van der Waals surface area (Å²) in [5.74, 6) is -0.494. The van der Waals surface area contributed by atoms with E-state index in [0.29, 0.717) is 13.0 Å². The van der Waals surface area contributed by atoms with Crippen LogP contribution in [0.15, 0.2) is 60.7 Å². The van der Waals surface area contributed by atoms with Gasteiger partial charge < -0.3 is 20.4 Å². The van der Waals surface area contributed by atoms with Gasteiger partial charge in [0.1, 0.15) is 12.1 Å². The first-order chi connectivity index (χ1) is 19.5. The molecule has 5 atom stereocenters. The molecule has 3 unspecified atom stereocenters. The van der Waals surface area contributed by atoms with Gasteiger partial charge >= 0.3 is 0 Å². The molecule has 8 heteroatoms. The van der Waals surface area contributed by atoms with E-state index in [4.69, 9.17) is 0 Å². The second-order valence-electron chi connectivity index (χ2n) is 11.8. The number of rotatable bonds is 9. The topological polar surface area (TPSA) is 98.8 Å². The van der Waals surface area contributed by atoms with Crippen molar-refractivity contribution in [2.45, 2.75) is 63.1 Å². The second-order valence-corrected chi connectivity index (χ2v) is 11.8. The summed E-state index contributed by atoms with van der Waals surface area (Å²) in [5, 5.41) is 6.09. The molecule has 4 fully saturated rings. The van der Waals surface area contributed by atoms with Gasteiger partial charge in [-0.3, -0.25) is 19.2 Å². The summed E-state index contributed by atoms with van der Waals surface area (Å²) in [6.07, 6.45) is 6.13. The van der Waals surface area contributed by atoms with Gasteiger partial charge in [-0.15, -0.1) is 0 Å². The molecule has 2 aromatic carbocycles. The van der Waals surface area contributed by atoms with E-state index in [1.54, 1.807) is 0 Å². The third-order valence-electron chi connectivity index (χ3n) is 8.95. The minimum absolute atomic E-state index is 0.00530. The molecule has 4 aliphatic rings. The van der Waals surface area contributed by atoms with Gasteiger partial charge in [0, 0.05) is 37.5 Å². The Bertz CT molecular complexity index is 1240. The van der Waals surface area contributed by atoms with E-state index in [0.717, 1.165) is 62.7 Å². The van der Waals surface area contributed by atoms with Crippen LogP contribution in [0.2, 0.25) is 0 Å². The highest BCUT2D eigenvalue weighted by Crippen LogP contribution is 2.47. The molecule has 0 spiro atoms. The fraction of sp³-hybridized carbons (Fsp3) is 0.500. The van der Waals surface area contributed by atoms with Crippen LogP contribution in [-0.4, -0.2) is 59.1 Å². The zero-order valence-corrected chi connectivity index (χ0v) is 22.8. The van der Waals surface area contributed by atoms with Crippen LogP contribution >= 0.6 is 0 Å². The molecule has 4 amide bonds. The summed E-state index contributed by atoms with van der Waals surface area (Å²) in [5.41, 5.74) is 1.57. The van der Waals surface area contributed by atoms with Crippen LogP contribution in [0.3, 0.4) is 0 Å². The molecule has 2 aliphatic carbocycles. The summed E-state index contributed by atoms with van der Waals surface area (Å²) in [4.78, 5) is 57.2. The molecule has 6 rings (SSSR count). The second kappa shape index (κ2) is 11.4. The van der Waals surface area contributed by atoms with Crippen LogP contribution in [0.5, 0.6) is 0 Å². The first kappa shape index (κ1) is 26.5. The van der Waals surface area contributed by atoms with Crippen LogP contribution in [0.25, 0.3) is 0 Å². The standard InChI is InChI=1S/C32H38N4O4/c37-29(23-15-16-23)33-28(22-12-5-2-6-13-22)32(40)36-19-9-14-26(36)24-20-25(24)30(38)34-27(21-10-3-1-4-11-21)31(39)35-17-7-8-18-35/h1-6,10-13,23-28H,7-9,14-20H2,(H,33,37)(H,34,38)/t24?,25?,26?,27-,28-/m0/s1. The van der Waals surface area contributed by atoms with Crippen molar-refractivity contribution in [2.24, 2.45) is 17.8 Å². The lowest BCUT2D eigenvalue weighted by atomic mass is 10.0. The highest BCUT2D eigenvalue weighted by Gasteiger charge is 2.52. The molecular weight excluding hydrogens is 504 g/mol. The van der Waals surface area contributed by atoms with Gasteiger partial charge in [-0.2, -0.15) is 0 Å². The quantitative estimate of drug-likeness (QED) is 0.508. The molecule has 8 nitrogen and oxygen atoms in total. The molecule has 2 saturated carbocycles. The van der Waals surface area contributed by atoms with Crippen molar-refractivity contribution in [3.63, 3.8) is 0 Å². The number of likely N-dealkylation sites (tertiary alicyclic amines) is 2. The molecule has 2 aliphatic heterocycles. The Morgan fingerprint density at radius 3 is 1.85 bits per heavy atom. The minimum Gasteiger partial charge on any atom is -0.341 e. The van der Waals surface area contributed by atoms with Crippen molar-refractivity contribution >= 4 is 23.6 Å². The summed E-state index contributed by atoms with van der Waals surface area (Å²) in [6.45, 7) is 2.07. The lowest BCUT2D eigenvalue weighted by molar-refractivity contribution is -0.138. The monoisotopic (exact) mass is 542 g/mol. The lowest BCUT2D eigenvalue weighted by Crippen LogP contribution is -2.46. The highest BCUT2D eigenvalue weighted by molar-refractivity contribution is 5.92. The summed E-state index contributed by atoms with van der Waals surface area (Å²) < 4.78 is 0. The van der Waals surface area contributed by atoms with Crippen molar-refractivity contribution in [1.82, 2.24) is 20.4 Å². The molecule has 2 N–H and O–H groups in total. The van der Waals surface area contributed by atoms with Gasteiger partial charge in [-0.1, -0.05) is 60.7 Å². The number of carbonyl (C=O) groups excluding carboxylic acids is 4. The Balaban J connectivity index is 1.14. The SMILES string of the molecule is O=C(N[C@H](C(=O)N1CCCC1C1CC1C(=O)N[C@H](C(=O)N1CCCC1)c1ccccc1)c1ccccc1)C1CC1. The average molecular weight is 543 g/mol. The summed E-state index contributed by atoms with van der Waals surface area (Å²) in [6, 6.07) is 17.4. The smallest absolute Gasteiger partial charge is 0.250 e. The van der Waals surface area contributed by atoms with Crippen LogP contribution in [-0.2, 0) is 19.2 Å². The molecule has 0 bridgehead atoms. The van der Waals surface area contributed by atoms with Gasteiger partial charge in [0.25, 0.3) is 0 Å². The molecule has 2 aromatic rings. The predicted octanol–water partition coefficient (Wildman–Crippen LogP) is 3.36.